The number of benzene rings is 1. The van der Waals surface area contributed by atoms with Crippen molar-refractivity contribution >= 4 is 0 Å². The summed E-state index contributed by atoms with van der Waals surface area (Å²) in [5.41, 5.74) is 7.67. The van der Waals surface area contributed by atoms with E-state index < -0.39 is 0 Å². The third-order valence-electron chi connectivity index (χ3n) is 2.43. The number of nitrogens with zero attached hydrogens (tertiary/aromatic N) is 3. The van der Waals surface area contributed by atoms with Gasteiger partial charge >= 0.3 is 0 Å². The summed E-state index contributed by atoms with van der Waals surface area (Å²) in [5, 5.41) is 4.31. The predicted octanol–water partition coefficient (Wildman–Crippen LogP) is 1.25. The molecule has 0 radical (unpaired) electrons. The van der Waals surface area contributed by atoms with E-state index in [1.54, 1.807) is 4.68 Å². The van der Waals surface area contributed by atoms with E-state index in [1.807, 2.05) is 38.2 Å². The minimum atomic E-state index is 0.564. The van der Waals surface area contributed by atoms with Crippen LogP contribution >= 0.6 is 0 Å². The Labute approximate surface area is 88.8 Å². The highest BCUT2D eigenvalue weighted by Gasteiger charge is 2.05. The predicted molar refractivity (Wildman–Crippen MR) is 59.1 cm³/mol. The van der Waals surface area contributed by atoms with Gasteiger partial charge in [-0.15, -0.1) is 0 Å². The number of nitrogens with two attached hydrogens (primary N) is 1. The van der Waals surface area contributed by atoms with Crippen molar-refractivity contribution in [1.82, 2.24) is 14.8 Å². The molecule has 0 spiro atoms. The largest absolute Gasteiger partial charge is 0.326 e. The fourth-order valence-electron chi connectivity index (χ4n) is 1.37. The molecule has 0 atom stereocenters. The summed E-state index contributed by atoms with van der Waals surface area (Å²) >= 11 is 0. The summed E-state index contributed by atoms with van der Waals surface area (Å²) in [7, 11) is 1.89. The van der Waals surface area contributed by atoms with Gasteiger partial charge in [-0.1, -0.05) is 24.3 Å². The molecule has 0 saturated carbocycles. The maximum absolute atomic E-state index is 5.53. The van der Waals surface area contributed by atoms with Crippen molar-refractivity contribution < 1.29 is 0 Å². The van der Waals surface area contributed by atoms with Gasteiger partial charge in [-0.3, -0.25) is 4.68 Å². The molecule has 1 heterocycles. The normalized spacial score (nSPS) is 10.6. The van der Waals surface area contributed by atoms with Crippen LogP contribution in [-0.2, 0) is 13.6 Å². The first-order valence-corrected chi connectivity index (χ1v) is 4.87. The topological polar surface area (TPSA) is 56.7 Å². The van der Waals surface area contributed by atoms with Crippen LogP contribution < -0.4 is 5.73 Å². The smallest absolute Gasteiger partial charge is 0.181 e. The van der Waals surface area contributed by atoms with Crippen LogP contribution in [0.3, 0.4) is 0 Å². The summed E-state index contributed by atoms with van der Waals surface area (Å²) in [6.45, 7) is 2.50. The van der Waals surface area contributed by atoms with Crippen molar-refractivity contribution in [3.63, 3.8) is 0 Å². The minimum absolute atomic E-state index is 0.564. The van der Waals surface area contributed by atoms with Gasteiger partial charge in [0.1, 0.15) is 5.82 Å². The highest BCUT2D eigenvalue weighted by atomic mass is 15.3. The van der Waals surface area contributed by atoms with E-state index in [4.69, 9.17) is 5.73 Å². The summed E-state index contributed by atoms with van der Waals surface area (Å²) < 4.78 is 1.77. The Balaban J connectivity index is 2.37. The minimum Gasteiger partial charge on any atom is -0.326 e. The number of aromatic nitrogens is 3. The zero-order valence-electron chi connectivity index (χ0n) is 8.94. The first-order chi connectivity index (χ1) is 7.20. The maximum Gasteiger partial charge on any atom is 0.181 e. The monoisotopic (exact) mass is 202 g/mol. The highest BCUT2D eigenvalue weighted by Crippen LogP contribution is 2.15. The van der Waals surface area contributed by atoms with E-state index in [-0.39, 0.29) is 0 Å². The van der Waals surface area contributed by atoms with Crippen molar-refractivity contribution in [2.45, 2.75) is 13.5 Å². The first kappa shape index (κ1) is 9.86. The average Bonchev–Trinajstić information content (AvgIpc) is 2.59. The molecule has 0 amide bonds. The summed E-state index contributed by atoms with van der Waals surface area (Å²) in [4.78, 5) is 4.36. The Hall–Kier alpha value is -1.68. The van der Waals surface area contributed by atoms with Crippen molar-refractivity contribution in [1.29, 1.82) is 0 Å². The summed E-state index contributed by atoms with van der Waals surface area (Å²) in [5.74, 6) is 1.67. The van der Waals surface area contributed by atoms with Crippen molar-refractivity contribution in [3.05, 3.63) is 35.7 Å². The van der Waals surface area contributed by atoms with E-state index in [9.17, 15) is 0 Å². The molecule has 0 bridgehead atoms. The molecule has 0 aliphatic rings. The van der Waals surface area contributed by atoms with Crippen LogP contribution in [0.15, 0.2) is 24.3 Å². The fourth-order valence-corrected chi connectivity index (χ4v) is 1.37. The lowest BCUT2D eigenvalue weighted by Gasteiger charge is -1.97. The van der Waals surface area contributed by atoms with Crippen LogP contribution in [0.1, 0.15) is 11.4 Å². The van der Waals surface area contributed by atoms with Gasteiger partial charge in [-0.05, 0) is 12.5 Å². The van der Waals surface area contributed by atoms with Crippen LogP contribution in [0, 0.1) is 6.92 Å². The molecule has 2 aromatic rings. The molecule has 4 heteroatoms. The van der Waals surface area contributed by atoms with Crippen molar-refractivity contribution in [3.8, 4) is 11.4 Å². The van der Waals surface area contributed by atoms with E-state index in [2.05, 4.69) is 10.1 Å². The van der Waals surface area contributed by atoms with Crippen LogP contribution in [0.4, 0.5) is 0 Å². The molecule has 2 N–H and O–H groups in total. The number of hydrogen-bond donors (Lipinski definition) is 1. The van der Waals surface area contributed by atoms with Gasteiger partial charge in [-0.25, -0.2) is 4.98 Å². The van der Waals surface area contributed by atoms with Gasteiger partial charge in [0.15, 0.2) is 5.82 Å². The van der Waals surface area contributed by atoms with Crippen LogP contribution in [-0.4, -0.2) is 14.8 Å². The Morgan fingerprint density at radius 1 is 1.27 bits per heavy atom. The lowest BCUT2D eigenvalue weighted by molar-refractivity contribution is 0.736. The molecule has 1 aromatic carbocycles. The second-order valence-corrected chi connectivity index (χ2v) is 3.51. The first-order valence-electron chi connectivity index (χ1n) is 4.87. The van der Waals surface area contributed by atoms with Crippen LogP contribution in [0.25, 0.3) is 11.4 Å². The lowest BCUT2D eigenvalue weighted by atomic mass is 10.1. The van der Waals surface area contributed by atoms with Gasteiger partial charge in [0.2, 0.25) is 0 Å². The summed E-state index contributed by atoms with van der Waals surface area (Å²) in [6.07, 6.45) is 0. The molecule has 0 aliphatic carbocycles. The zero-order chi connectivity index (χ0) is 10.8. The van der Waals surface area contributed by atoms with Crippen molar-refractivity contribution in [2.75, 3.05) is 0 Å². The molecule has 2 rings (SSSR count). The van der Waals surface area contributed by atoms with Crippen LogP contribution in [0.5, 0.6) is 0 Å². The molecule has 0 saturated heterocycles. The molecule has 0 fully saturated rings. The van der Waals surface area contributed by atoms with Gasteiger partial charge in [0, 0.05) is 19.2 Å². The lowest BCUT2D eigenvalue weighted by Crippen LogP contribution is -1.95. The third kappa shape index (κ3) is 1.89. The second kappa shape index (κ2) is 3.82. The molecular weight excluding hydrogens is 188 g/mol. The molecule has 4 nitrogen and oxygen atoms in total. The second-order valence-electron chi connectivity index (χ2n) is 3.51. The average molecular weight is 202 g/mol. The maximum atomic E-state index is 5.53. The van der Waals surface area contributed by atoms with E-state index in [1.165, 1.54) is 0 Å². The van der Waals surface area contributed by atoms with Crippen LogP contribution in [0.2, 0.25) is 0 Å². The standard InChI is InChI=1S/C11H14N4/c1-8-13-11(14-15(8)2)10-5-3-9(7-12)4-6-10/h3-6H,7,12H2,1-2H3. The molecular formula is C11H14N4. The number of rotatable bonds is 2. The van der Waals surface area contributed by atoms with Crippen molar-refractivity contribution in [2.24, 2.45) is 12.8 Å². The third-order valence-corrected chi connectivity index (χ3v) is 2.43. The Kier molecular flexibility index (Phi) is 2.51. The SMILES string of the molecule is Cc1nc(-c2ccc(CN)cc2)nn1C. The molecule has 1 aromatic heterocycles. The quantitative estimate of drug-likeness (QED) is 0.797. The highest BCUT2D eigenvalue weighted by molar-refractivity contribution is 5.54. The fraction of sp³-hybridized carbons (Fsp3) is 0.273. The Morgan fingerprint density at radius 3 is 2.40 bits per heavy atom. The number of aryl methyl sites for hydroxylation is 2. The molecule has 0 unspecified atom stereocenters. The Morgan fingerprint density at radius 2 is 1.93 bits per heavy atom. The Bertz CT molecular complexity index is 436. The van der Waals surface area contributed by atoms with E-state index in [0.29, 0.717) is 6.54 Å². The molecule has 78 valence electrons. The van der Waals surface area contributed by atoms with Gasteiger partial charge in [0.05, 0.1) is 0 Å². The van der Waals surface area contributed by atoms with E-state index >= 15 is 0 Å². The van der Waals surface area contributed by atoms with Gasteiger partial charge in [-0.2, -0.15) is 5.10 Å². The molecule has 0 aliphatic heterocycles. The number of hydrogen-bond acceptors (Lipinski definition) is 3. The molecule has 15 heavy (non-hydrogen) atoms. The summed E-state index contributed by atoms with van der Waals surface area (Å²) in [6, 6.07) is 8.00. The zero-order valence-corrected chi connectivity index (χ0v) is 8.94. The van der Waals surface area contributed by atoms with Gasteiger partial charge in [0.25, 0.3) is 0 Å². The van der Waals surface area contributed by atoms with E-state index in [0.717, 1.165) is 22.8 Å². The van der Waals surface area contributed by atoms with Gasteiger partial charge < -0.3 is 5.73 Å².